The number of anilines is 1. The van der Waals surface area contributed by atoms with Crippen LogP contribution in [-0.4, -0.2) is 127 Å². The van der Waals surface area contributed by atoms with Crippen LogP contribution in [-0.2, 0) is 65.5 Å². The Balaban J connectivity index is 1.74. The largest absolute Gasteiger partial charge is 0.481 e. The molecule has 0 bridgehead atoms. The topological polar surface area (TPSA) is 271 Å². The number of fused-ring (bicyclic) bond motifs is 2. The zero-order chi connectivity index (χ0) is 47.6. The number of rotatable bonds is 26. The molecule has 0 radical (unpaired) electrons. The van der Waals surface area contributed by atoms with Crippen molar-refractivity contribution in [1.29, 1.82) is 0 Å². The minimum atomic E-state index is -4.63. The third kappa shape index (κ3) is 13.7. The summed E-state index contributed by atoms with van der Waals surface area (Å²) in [4.78, 5) is 12.4. The average Bonchev–Trinajstić information content (AvgIpc) is 3.57. The van der Waals surface area contributed by atoms with E-state index in [0.717, 1.165) is 0 Å². The molecule has 0 spiro atoms. The van der Waals surface area contributed by atoms with Crippen molar-refractivity contribution in [2.45, 2.75) is 79.4 Å². The number of hydrogen-bond acceptors (Lipinski definition) is 12. The normalized spacial score (nSPS) is 20.1. The molecule has 2 aromatic carbocycles. The molecule has 0 saturated heterocycles. The van der Waals surface area contributed by atoms with Gasteiger partial charge in [0.15, 0.2) is 12.3 Å². The highest BCUT2D eigenvalue weighted by Crippen LogP contribution is 2.51. The molecule has 22 heteroatoms. The van der Waals surface area contributed by atoms with Gasteiger partial charge in [0.05, 0.1) is 33.3 Å². The van der Waals surface area contributed by atoms with Gasteiger partial charge in [0.25, 0.3) is 30.4 Å². The number of carbonyl (C=O) groups is 1. The summed E-state index contributed by atoms with van der Waals surface area (Å²) in [6.07, 6.45) is 14.0. The van der Waals surface area contributed by atoms with Crippen molar-refractivity contribution < 1.29 is 71.3 Å². The third-order valence-corrected chi connectivity index (χ3v) is 15.2. The number of ether oxygens (including phenoxy) is 2. The monoisotopic (exact) mass is 972 g/mol. The summed E-state index contributed by atoms with van der Waals surface area (Å²) in [5, 5.41) is 9.14. The smallest absolute Gasteiger partial charge is 0.303 e. The van der Waals surface area contributed by atoms with Gasteiger partial charge in [-0.25, -0.2) is 13.1 Å². The van der Waals surface area contributed by atoms with Crippen LogP contribution in [0.4, 0.5) is 11.4 Å². The summed E-state index contributed by atoms with van der Waals surface area (Å²) in [7, 11) is -14.4. The van der Waals surface area contributed by atoms with Crippen LogP contribution in [0.1, 0.15) is 69.9 Å². The number of benzene rings is 2. The zero-order valence-corrected chi connectivity index (χ0v) is 39.5. The van der Waals surface area contributed by atoms with E-state index in [1.807, 2.05) is 16.4 Å². The Labute approximate surface area is 376 Å². The first-order valence-electron chi connectivity index (χ1n) is 20.4. The molecule has 2 aromatic rings. The lowest BCUT2D eigenvalue weighted by atomic mass is 9.76. The first-order chi connectivity index (χ1) is 29.9. The van der Waals surface area contributed by atoms with Crippen molar-refractivity contribution in [2.75, 3.05) is 63.5 Å². The van der Waals surface area contributed by atoms with Gasteiger partial charge in [-0.3, -0.25) is 18.5 Å². The Morgan fingerprint density at radius 1 is 0.750 bits per heavy atom. The van der Waals surface area contributed by atoms with Gasteiger partial charge in [-0.1, -0.05) is 36.8 Å². The number of methoxy groups -OCH3 is 2. The molecule has 2 aliphatic rings. The van der Waals surface area contributed by atoms with Gasteiger partial charge < -0.3 is 19.5 Å². The second-order valence-electron chi connectivity index (χ2n) is 15.9. The van der Waals surface area contributed by atoms with Gasteiger partial charge in [0.2, 0.25) is 15.7 Å². The van der Waals surface area contributed by atoms with Crippen LogP contribution in [0.15, 0.2) is 94.4 Å². The number of nitrogens with zero attached hydrogens (tertiary/aromatic N) is 2. The molecule has 0 fully saturated rings. The molecule has 2 aliphatic heterocycles. The van der Waals surface area contributed by atoms with E-state index in [0.29, 0.717) is 66.3 Å². The Morgan fingerprint density at radius 3 is 2.00 bits per heavy atom. The van der Waals surface area contributed by atoms with E-state index in [1.165, 1.54) is 38.5 Å². The molecule has 0 amide bonds. The number of carboxylic acid groups (broad SMARTS) is 1. The van der Waals surface area contributed by atoms with Gasteiger partial charge in [0.1, 0.15) is 6.61 Å². The van der Waals surface area contributed by atoms with Crippen molar-refractivity contribution in [3.8, 4) is 0 Å². The number of nitrogens with one attached hydrogen (secondary N) is 1. The molecule has 354 valence electrons. The lowest BCUT2D eigenvalue weighted by Crippen LogP contribution is -2.35. The number of unbranched alkanes of at least 4 members (excludes halogenated alkanes) is 2. The van der Waals surface area contributed by atoms with Crippen LogP contribution >= 0.6 is 0 Å². The number of sulfonamides is 1. The van der Waals surface area contributed by atoms with Crippen LogP contribution in [0.25, 0.3) is 0 Å². The van der Waals surface area contributed by atoms with Gasteiger partial charge >= 0.3 is 5.97 Å². The predicted molar refractivity (Wildman–Crippen MR) is 242 cm³/mol. The van der Waals surface area contributed by atoms with Gasteiger partial charge in [-0.05, 0) is 87.9 Å². The SMILES string of the molecule is COCCNS(=O)(=O)CCC1(C)\C(=C/C=C/C=C/C=C/C2=[N+](CCOC)c3ccc(S(=O)(=O)O)cc3C2(C)CCCS(=O)(=O)O)N(CCCCCC(=O)O)c2ccc(S(=O)(=O)O)cc21. The van der Waals surface area contributed by atoms with E-state index in [9.17, 15) is 52.1 Å². The van der Waals surface area contributed by atoms with E-state index in [1.54, 1.807) is 61.6 Å². The second kappa shape index (κ2) is 21.9. The van der Waals surface area contributed by atoms with E-state index in [-0.39, 0.29) is 61.0 Å². The molecule has 4 rings (SSSR count). The lowest BCUT2D eigenvalue weighted by molar-refractivity contribution is -0.441. The zero-order valence-electron chi connectivity index (χ0n) is 36.2. The summed E-state index contributed by atoms with van der Waals surface area (Å²) in [5.74, 6) is -1.78. The molecule has 18 nitrogen and oxygen atoms in total. The van der Waals surface area contributed by atoms with Crippen molar-refractivity contribution in [3.63, 3.8) is 0 Å². The van der Waals surface area contributed by atoms with Crippen LogP contribution in [0.2, 0.25) is 0 Å². The standard InChI is InChI=1S/C42H57N3O15S4/c1-41(21-13-28-62(50,51)52)34-30-32(63(53,54)55)18-20-37(34)45(25-27-60-4)38(41)14-9-6-5-7-10-15-39-42(2,22-29-61(48,49)43-23-26-59-3)35-31-33(64(56,57)58)17-19-36(35)44(39)24-12-8-11-16-40(46)47/h5-7,9-10,14-15,17-20,30-31,43H,8,11-13,16,21-29H2,1-4H3,(H3-,46,47,50,51,52,53,54,55,56,57,58)/p+1. The predicted octanol–water partition coefficient (Wildman–Crippen LogP) is 4.78. The molecule has 2 unspecified atom stereocenters. The maximum absolute atomic E-state index is 13.1. The fourth-order valence-electron chi connectivity index (χ4n) is 8.10. The van der Waals surface area contributed by atoms with Crippen molar-refractivity contribution in [2.24, 2.45) is 0 Å². The second-order valence-corrected chi connectivity index (χ2v) is 22.2. The Hall–Kier alpha value is -4.10. The van der Waals surface area contributed by atoms with E-state index >= 15 is 0 Å². The lowest BCUT2D eigenvalue weighted by Gasteiger charge is -2.30. The maximum atomic E-state index is 13.1. The molecule has 0 saturated carbocycles. The number of aliphatic carboxylic acids is 1. The number of allylic oxidation sites excluding steroid dienone is 8. The first-order valence-corrected chi connectivity index (χ1v) is 26.5. The molecular formula is C42H58N3O15S4+. The highest BCUT2D eigenvalue weighted by atomic mass is 32.2. The van der Waals surface area contributed by atoms with Crippen LogP contribution < -0.4 is 9.62 Å². The minimum absolute atomic E-state index is 0.00814. The third-order valence-electron chi connectivity index (χ3n) is 11.3. The van der Waals surface area contributed by atoms with E-state index in [4.69, 9.17) is 14.6 Å². The molecule has 2 heterocycles. The quantitative estimate of drug-likeness (QED) is 0.0367. The molecular weight excluding hydrogens is 915 g/mol. The molecule has 5 N–H and O–H groups in total. The minimum Gasteiger partial charge on any atom is -0.481 e. The van der Waals surface area contributed by atoms with Crippen LogP contribution in [0.5, 0.6) is 0 Å². The van der Waals surface area contributed by atoms with Crippen molar-refractivity contribution >= 4 is 63.4 Å². The Kier molecular flexibility index (Phi) is 18.0. The number of hydrogen-bond donors (Lipinski definition) is 5. The average molecular weight is 973 g/mol. The van der Waals surface area contributed by atoms with Crippen molar-refractivity contribution in [1.82, 2.24) is 4.72 Å². The molecule has 2 atom stereocenters. The van der Waals surface area contributed by atoms with Crippen LogP contribution in [0.3, 0.4) is 0 Å². The number of carboxylic acids is 1. The highest BCUT2D eigenvalue weighted by molar-refractivity contribution is 7.89. The summed E-state index contributed by atoms with van der Waals surface area (Å²) in [6.45, 7) is 4.82. The Bertz CT molecular complexity index is 2640. The van der Waals surface area contributed by atoms with Gasteiger partial charge in [0, 0.05) is 68.2 Å². The molecule has 64 heavy (non-hydrogen) atoms. The fourth-order valence-corrected chi connectivity index (χ4v) is 10.8. The summed E-state index contributed by atoms with van der Waals surface area (Å²) in [5.41, 5.74) is 1.49. The summed E-state index contributed by atoms with van der Waals surface area (Å²) < 4.78 is 143. The van der Waals surface area contributed by atoms with E-state index in [2.05, 4.69) is 4.72 Å². The first kappa shape index (κ1) is 52.5. The molecule has 0 aromatic heterocycles. The van der Waals surface area contributed by atoms with E-state index < -0.39 is 62.9 Å². The van der Waals surface area contributed by atoms with Gasteiger partial charge in [-0.2, -0.15) is 29.8 Å². The Morgan fingerprint density at radius 2 is 1.38 bits per heavy atom. The summed E-state index contributed by atoms with van der Waals surface area (Å²) >= 11 is 0. The highest BCUT2D eigenvalue weighted by Gasteiger charge is 2.48. The van der Waals surface area contributed by atoms with Gasteiger partial charge in [-0.15, -0.1) is 0 Å². The van der Waals surface area contributed by atoms with Crippen molar-refractivity contribution in [3.05, 3.63) is 95.8 Å². The summed E-state index contributed by atoms with van der Waals surface area (Å²) in [6, 6.07) is 8.37. The maximum Gasteiger partial charge on any atom is 0.303 e. The fraction of sp³-hybridized carbons (Fsp3) is 0.476. The van der Waals surface area contributed by atoms with Crippen LogP contribution in [0, 0.1) is 0 Å². The molecule has 0 aliphatic carbocycles.